The van der Waals surface area contributed by atoms with Gasteiger partial charge in [0.2, 0.25) is 0 Å². The number of thiazole rings is 1. The highest BCUT2D eigenvalue weighted by Crippen LogP contribution is 2.26. The first-order valence-electron chi connectivity index (χ1n) is 7.86. The van der Waals surface area contributed by atoms with Crippen LogP contribution in [-0.2, 0) is 6.42 Å². The van der Waals surface area contributed by atoms with E-state index in [-0.39, 0.29) is 11.7 Å². The van der Waals surface area contributed by atoms with Gasteiger partial charge < -0.3 is 10.2 Å². The Morgan fingerprint density at radius 2 is 2.04 bits per heavy atom. The van der Waals surface area contributed by atoms with Gasteiger partial charge in [0.05, 0.1) is 5.56 Å². The third kappa shape index (κ3) is 3.29. The summed E-state index contributed by atoms with van der Waals surface area (Å²) in [5.41, 5.74) is 8.32. The zero-order chi connectivity index (χ0) is 18.1. The number of benzene rings is 2. The van der Waals surface area contributed by atoms with Gasteiger partial charge in [-0.05, 0) is 35.9 Å². The summed E-state index contributed by atoms with van der Waals surface area (Å²) in [6.07, 6.45) is 3.74. The van der Waals surface area contributed by atoms with E-state index in [9.17, 15) is 9.18 Å². The lowest BCUT2D eigenvalue weighted by molar-refractivity contribution is 0.102. The van der Waals surface area contributed by atoms with Crippen LogP contribution in [-0.4, -0.2) is 10.9 Å². The molecule has 5 nitrogen and oxygen atoms in total. The largest absolute Gasteiger partial charge is 0.463 e. The molecule has 26 heavy (non-hydrogen) atoms. The lowest BCUT2D eigenvalue weighted by Crippen LogP contribution is -2.10. The van der Waals surface area contributed by atoms with Gasteiger partial charge in [0.15, 0.2) is 5.13 Å². The predicted octanol–water partition coefficient (Wildman–Crippen LogP) is 4.45. The smallest absolute Gasteiger partial charge is 0.261 e. The van der Waals surface area contributed by atoms with E-state index < -0.39 is 0 Å². The van der Waals surface area contributed by atoms with Crippen molar-refractivity contribution in [3.63, 3.8) is 0 Å². The fraction of sp³-hybridized carbons (Fsp3) is 0.0526. The van der Waals surface area contributed by atoms with E-state index in [1.165, 1.54) is 29.7 Å². The van der Waals surface area contributed by atoms with Gasteiger partial charge in [-0.3, -0.25) is 10.1 Å². The number of carbonyl (C=O) groups is 1. The molecule has 1 amide bonds. The SMILES string of the molecule is Nc1ccc2occ(C(=O)Nc3ncc(Cc4ccc(F)cc4)s3)c2c1. The number of amides is 1. The number of halogens is 1. The molecule has 2 heterocycles. The second-order valence-corrected chi connectivity index (χ2v) is 6.91. The number of carbonyl (C=O) groups excluding carboxylic acids is 1. The highest BCUT2D eigenvalue weighted by Gasteiger charge is 2.15. The van der Waals surface area contributed by atoms with Crippen LogP contribution in [0.1, 0.15) is 20.8 Å². The van der Waals surface area contributed by atoms with Crippen LogP contribution in [0.3, 0.4) is 0 Å². The van der Waals surface area contributed by atoms with Gasteiger partial charge in [-0.2, -0.15) is 0 Å². The average Bonchev–Trinajstić information content (AvgIpc) is 3.23. The van der Waals surface area contributed by atoms with Crippen molar-refractivity contribution >= 4 is 39.0 Å². The van der Waals surface area contributed by atoms with Gasteiger partial charge in [-0.1, -0.05) is 12.1 Å². The van der Waals surface area contributed by atoms with Crippen molar-refractivity contribution in [2.24, 2.45) is 0 Å². The maximum absolute atomic E-state index is 13.0. The number of aromatic nitrogens is 1. The topological polar surface area (TPSA) is 81.1 Å². The maximum atomic E-state index is 13.0. The van der Waals surface area contributed by atoms with E-state index in [1.807, 2.05) is 0 Å². The summed E-state index contributed by atoms with van der Waals surface area (Å²) < 4.78 is 18.4. The third-order valence-corrected chi connectivity index (χ3v) is 4.82. The molecular weight excluding hydrogens is 353 g/mol. The normalized spacial score (nSPS) is 11.0. The number of anilines is 2. The van der Waals surface area contributed by atoms with Crippen LogP contribution in [0, 0.1) is 5.82 Å². The number of nitrogen functional groups attached to an aromatic ring is 1. The quantitative estimate of drug-likeness (QED) is 0.522. The molecule has 0 aliphatic rings. The summed E-state index contributed by atoms with van der Waals surface area (Å²) in [6.45, 7) is 0. The summed E-state index contributed by atoms with van der Waals surface area (Å²) in [5, 5.41) is 3.93. The molecule has 4 aromatic rings. The minimum absolute atomic E-state index is 0.265. The highest BCUT2D eigenvalue weighted by molar-refractivity contribution is 7.15. The zero-order valence-corrected chi connectivity index (χ0v) is 14.3. The van der Waals surface area contributed by atoms with Crippen molar-refractivity contribution in [2.45, 2.75) is 6.42 Å². The molecule has 0 aliphatic carbocycles. The van der Waals surface area contributed by atoms with Crippen LogP contribution in [0.5, 0.6) is 0 Å². The van der Waals surface area contributed by atoms with Crippen LogP contribution in [0.4, 0.5) is 15.2 Å². The Hall–Kier alpha value is -3.19. The number of fused-ring (bicyclic) bond motifs is 1. The summed E-state index contributed by atoms with van der Waals surface area (Å²) in [5.74, 6) is -0.573. The van der Waals surface area contributed by atoms with E-state index in [0.29, 0.717) is 33.8 Å². The van der Waals surface area contributed by atoms with Crippen LogP contribution >= 0.6 is 11.3 Å². The Morgan fingerprint density at radius 3 is 2.85 bits per heavy atom. The van der Waals surface area contributed by atoms with Crippen molar-refractivity contribution in [2.75, 3.05) is 11.1 Å². The fourth-order valence-electron chi connectivity index (χ4n) is 2.64. The van der Waals surface area contributed by atoms with E-state index in [1.54, 1.807) is 36.5 Å². The first kappa shape index (κ1) is 16.3. The standard InChI is InChI=1S/C19H14FN3O2S/c20-12-3-1-11(2-4-12)7-14-9-22-19(26-14)23-18(24)16-10-25-17-6-5-13(21)8-15(16)17/h1-6,8-10H,7,21H2,(H,22,23,24). The number of rotatable bonds is 4. The Labute approximate surface area is 152 Å². The second kappa shape index (κ2) is 6.61. The van der Waals surface area contributed by atoms with E-state index >= 15 is 0 Å². The van der Waals surface area contributed by atoms with Crippen molar-refractivity contribution in [3.05, 3.63) is 76.7 Å². The minimum Gasteiger partial charge on any atom is -0.463 e. The molecule has 0 atom stereocenters. The average molecular weight is 367 g/mol. The molecule has 2 aromatic heterocycles. The fourth-order valence-corrected chi connectivity index (χ4v) is 3.48. The molecule has 7 heteroatoms. The molecule has 130 valence electrons. The lowest BCUT2D eigenvalue weighted by atomic mass is 10.1. The Morgan fingerprint density at radius 1 is 1.23 bits per heavy atom. The Bertz CT molecular complexity index is 1090. The molecular formula is C19H14FN3O2S. The highest BCUT2D eigenvalue weighted by atomic mass is 32.1. The van der Waals surface area contributed by atoms with Crippen LogP contribution in [0.25, 0.3) is 11.0 Å². The van der Waals surface area contributed by atoms with E-state index in [2.05, 4.69) is 10.3 Å². The first-order chi connectivity index (χ1) is 12.6. The Balaban J connectivity index is 1.50. The van der Waals surface area contributed by atoms with Crippen molar-refractivity contribution in [1.29, 1.82) is 0 Å². The molecule has 0 unspecified atom stereocenters. The number of nitrogens with two attached hydrogens (primary N) is 1. The Kier molecular flexibility index (Phi) is 4.14. The summed E-state index contributed by atoms with van der Waals surface area (Å²) in [7, 11) is 0. The molecule has 0 bridgehead atoms. The van der Waals surface area contributed by atoms with Gasteiger partial charge in [0, 0.05) is 28.6 Å². The molecule has 0 saturated heterocycles. The summed E-state index contributed by atoms with van der Waals surface area (Å²) >= 11 is 1.37. The minimum atomic E-state index is -0.308. The van der Waals surface area contributed by atoms with Gasteiger partial charge >= 0.3 is 0 Å². The monoisotopic (exact) mass is 367 g/mol. The number of furan rings is 1. The number of nitrogens with zero attached hydrogens (tertiary/aromatic N) is 1. The van der Waals surface area contributed by atoms with Crippen LogP contribution in [0.15, 0.2) is 59.3 Å². The number of hydrogen-bond acceptors (Lipinski definition) is 5. The van der Waals surface area contributed by atoms with Gasteiger partial charge in [-0.15, -0.1) is 11.3 Å². The molecule has 0 fully saturated rings. The molecule has 0 radical (unpaired) electrons. The number of nitrogens with one attached hydrogen (secondary N) is 1. The lowest BCUT2D eigenvalue weighted by Gasteiger charge is -2.00. The molecule has 2 aromatic carbocycles. The van der Waals surface area contributed by atoms with Crippen molar-refractivity contribution in [1.82, 2.24) is 4.98 Å². The predicted molar refractivity (Wildman–Crippen MR) is 99.9 cm³/mol. The summed E-state index contributed by atoms with van der Waals surface area (Å²) in [6, 6.07) is 11.5. The summed E-state index contributed by atoms with van der Waals surface area (Å²) in [4.78, 5) is 17.7. The van der Waals surface area contributed by atoms with E-state index in [0.717, 1.165) is 10.4 Å². The molecule has 0 spiro atoms. The van der Waals surface area contributed by atoms with E-state index in [4.69, 9.17) is 10.2 Å². The second-order valence-electron chi connectivity index (χ2n) is 5.79. The van der Waals surface area contributed by atoms with Gasteiger partial charge in [0.1, 0.15) is 17.7 Å². The first-order valence-corrected chi connectivity index (χ1v) is 8.67. The van der Waals surface area contributed by atoms with Crippen molar-refractivity contribution in [3.8, 4) is 0 Å². The molecule has 4 rings (SSSR count). The van der Waals surface area contributed by atoms with Crippen LogP contribution in [0.2, 0.25) is 0 Å². The molecule has 3 N–H and O–H groups in total. The van der Waals surface area contributed by atoms with Gasteiger partial charge in [-0.25, -0.2) is 9.37 Å². The number of hydrogen-bond donors (Lipinski definition) is 2. The third-order valence-electron chi connectivity index (χ3n) is 3.91. The molecule has 0 aliphatic heterocycles. The zero-order valence-electron chi connectivity index (χ0n) is 13.5. The van der Waals surface area contributed by atoms with Gasteiger partial charge in [0.25, 0.3) is 5.91 Å². The van der Waals surface area contributed by atoms with Crippen molar-refractivity contribution < 1.29 is 13.6 Å². The van der Waals surface area contributed by atoms with Crippen LogP contribution < -0.4 is 11.1 Å². The maximum Gasteiger partial charge on any atom is 0.261 e. The molecule has 0 saturated carbocycles.